The minimum atomic E-state index is -3.20. The third kappa shape index (κ3) is 4.04. The van der Waals surface area contributed by atoms with Crippen LogP contribution in [0.1, 0.15) is 0 Å². The normalized spacial score (nSPS) is 15.5. The molecule has 0 aromatic heterocycles. The molecule has 0 atom stereocenters. The number of phenolic OH excluding ortho intramolecular Hbond substituents is 1. The molecule has 1 saturated heterocycles. The lowest BCUT2D eigenvalue weighted by Gasteiger charge is -2.34. The van der Waals surface area contributed by atoms with Crippen LogP contribution in [0.4, 0.5) is 31.5 Å². The Morgan fingerprint density at radius 3 is 2.29 bits per heavy atom. The molecule has 2 aromatic rings. The highest BCUT2D eigenvalue weighted by molar-refractivity contribution is 7.88. The van der Waals surface area contributed by atoms with E-state index in [0.717, 1.165) is 11.8 Å². The summed E-state index contributed by atoms with van der Waals surface area (Å²) >= 11 is 0. The molecule has 0 unspecified atom stereocenters. The fourth-order valence-corrected chi connectivity index (χ4v) is 3.81. The van der Waals surface area contributed by atoms with Gasteiger partial charge in [0.05, 0.1) is 6.26 Å². The second-order valence-electron chi connectivity index (χ2n) is 6.35. The van der Waals surface area contributed by atoms with Gasteiger partial charge in [-0.3, -0.25) is 0 Å². The van der Waals surface area contributed by atoms with Crippen LogP contribution < -0.4 is 10.2 Å². The van der Waals surface area contributed by atoms with Gasteiger partial charge in [-0.15, -0.1) is 0 Å². The molecular formula is C17H19F2N5O3S. The van der Waals surface area contributed by atoms with Gasteiger partial charge in [0.1, 0.15) is 11.4 Å². The van der Waals surface area contributed by atoms with Crippen molar-refractivity contribution in [3.05, 3.63) is 42.0 Å². The van der Waals surface area contributed by atoms with Gasteiger partial charge in [-0.2, -0.15) is 9.42 Å². The number of hydrogen-bond acceptors (Lipinski definition) is 7. The first-order valence-corrected chi connectivity index (χ1v) is 10.2. The van der Waals surface area contributed by atoms with Crippen LogP contribution in [-0.4, -0.2) is 50.3 Å². The third-order valence-corrected chi connectivity index (χ3v) is 5.81. The Hall–Kier alpha value is -2.79. The van der Waals surface area contributed by atoms with Crippen LogP contribution in [0.25, 0.3) is 0 Å². The minimum Gasteiger partial charge on any atom is -0.503 e. The summed E-state index contributed by atoms with van der Waals surface area (Å²) in [7, 11) is -3.20. The minimum absolute atomic E-state index is 0.284. The number of hydrogen-bond donors (Lipinski definition) is 3. The number of phenols is 1. The van der Waals surface area contributed by atoms with Crippen LogP contribution in [0.15, 0.2) is 35.4 Å². The first kappa shape index (κ1) is 20.0. The van der Waals surface area contributed by atoms with Crippen molar-refractivity contribution in [1.82, 2.24) is 4.31 Å². The second-order valence-corrected chi connectivity index (χ2v) is 8.33. The van der Waals surface area contributed by atoms with E-state index in [2.05, 4.69) is 10.4 Å². The summed E-state index contributed by atoms with van der Waals surface area (Å²) in [6.45, 7) is 1.88. The van der Waals surface area contributed by atoms with Crippen molar-refractivity contribution in [2.45, 2.75) is 0 Å². The highest BCUT2D eigenvalue weighted by atomic mass is 32.2. The van der Waals surface area contributed by atoms with E-state index in [1.54, 1.807) is 24.3 Å². The van der Waals surface area contributed by atoms with Crippen LogP contribution in [0.3, 0.4) is 0 Å². The van der Waals surface area contributed by atoms with E-state index in [1.807, 2.05) is 4.90 Å². The molecule has 150 valence electrons. The fourth-order valence-electron chi connectivity index (χ4n) is 2.98. The summed E-state index contributed by atoms with van der Waals surface area (Å²) in [6.07, 6.45) is 1.19. The van der Waals surface area contributed by atoms with Gasteiger partial charge < -0.3 is 15.3 Å². The number of rotatable bonds is 5. The van der Waals surface area contributed by atoms with Gasteiger partial charge in [0.25, 0.3) is 0 Å². The Labute approximate surface area is 160 Å². The predicted molar refractivity (Wildman–Crippen MR) is 101 cm³/mol. The zero-order valence-electron chi connectivity index (χ0n) is 15.0. The van der Waals surface area contributed by atoms with E-state index < -0.39 is 27.4 Å². The summed E-state index contributed by atoms with van der Waals surface area (Å²) in [6, 6.07) is 7.63. The monoisotopic (exact) mass is 411 g/mol. The van der Waals surface area contributed by atoms with Crippen molar-refractivity contribution < 1.29 is 22.3 Å². The molecule has 2 aromatic carbocycles. The average molecular weight is 411 g/mol. The smallest absolute Gasteiger partial charge is 0.211 e. The zero-order chi connectivity index (χ0) is 20.5. The number of anilines is 3. The molecule has 1 fully saturated rings. The van der Waals surface area contributed by atoms with Crippen LogP contribution in [0, 0.1) is 17.2 Å². The molecule has 8 nitrogen and oxygen atoms in total. The van der Waals surface area contributed by atoms with Crippen molar-refractivity contribution in [1.29, 1.82) is 5.53 Å². The lowest BCUT2D eigenvalue weighted by molar-refractivity contribution is 0.388. The molecule has 0 bridgehead atoms. The van der Waals surface area contributed by atoms with Crippen molar-refractivity contribution in [3.63, 3.8) is 0 Å². The molecule has 1 heterocycles. The number of halogens is 2. The van der Waals surface area contributed by atoms with Gasteiger partial charge in [0.2, 0.25) is 10.0 Å². The van der Waals surface area contributed by atoms with E-state index in [0.29, 0.717) is 31.9 Å². The predicted octanol–water partition coefficient (Wildman–Crippen LogP) is 3.16. The lowest BCUT2D eigenvalue weighted by Crippen LogP contribution is -2.48. The van der Waals surface area contributed by atoms with E-state index in [-0.39, 0.29) is 11.4 Å². The van der Waals surface area contributed by atoms with Gasteiger partial charge in [-0.05, 0) is 24.3 Å². The Morgan fingerprint density at radius 1 is 1.14 bits per heavy atom. The average Bonchev–Trinajstić information content (AvgIpc) is 2.68. The Morgan fingerprint density at radius 2 is 1.75 bits per heavy atom. The quantitative estimate of drug-likeness (QED) is 0.655. The summed E-state index contributed by atoms with van der Waals surface area (Å²) in [5, 5.41) is 15.2. The molecule has 1 aliphatic heterocycles. The molecule has 11 heteroatoms. The molecule has 1 aliphatic rings. The van der Waals surface area contributed by atoms with E-state index >= 15 is 0 Å². The van der Waals surface area contributed by atoms with Crippen molar-refractivity contribution in [2.24, 2.45) is 5.11 Å². The number of aromatic hydroxyl groups is 1. The summed E-state index contributed by atoms with van der Waals surface area (Å²) in [5.74, 6) is -3.57. The summed E-state index contributed by atoms with van der Waals surface area (Å²) < 4.78 is 52.1. The van der Waals surface area contributed by atoms with Gasteiger partial charge in [-0.25, -0.2) is 22.7 Å². The van der Waals surface area contributed by atoms with Crippen molar-refractivity contribution in [2.75, 3.05) is 42.7 Å². The summed E-state index contributed by atoms with van der Waals surface area (Å²) in [5.41, 5.74) is 7.79. The molecule has 28 heavy (non-hydrogen) atoms. The fraction of sp³-hybridized carbons (Fsp3) is 0.294. The maximum Gasteiger partial charge on any atom is 0.211 e. The Kier molecular flexibility index (Phi) is 5.47. The van der Waals surface area contributed by atoms with Crippen LogP contribution >= 0.6 is 0 Å². The molecular weight excluding hydrogens is 392 g/mol. The molecule has 0 radical (unpaired) electrons. The van der Waals surface area contributed by atoms with Gasteiger partial charge in [0, 0.05) is 43.6 Å². The van der Waals surface area contributed by atoms with E-state index in [1.165, 1.54) is 10.6 Å². The first-order chi connectivity index (χ1) is 13.2. The maximum atomic E-state index is 14.1. The number of nitrogens with one attached hydrogen (secondary N) is 2. The maximum absolute atomic E-state index is 14.1. The van der Waals surface area contributed by atoms with Crippen LogP contribution in [-0.2, 0) is 10.0 Å². The molecule has 3 rings (SSSR count). The second kappa shape index (κ2) is 7.68. The van der Waals surface area contributed by atoms with Gasteiger partial charge >= 0.3 is 0 Å². The number of benzene rings is 2. The zero-order valence-corrected chi connectivity index (χ0v) is 15.8. The Balaban J connectivity index is 1.74. The van der Waals surface area contributed by atoms with Crippen molar-refractivity contribution >= 4 is 32.8 Å². The van der Waals surface area contributed by atoms with Crippen molar-refractivity contribution in [3.8, 4) is 5.75 Å². The van der Waals surface area contributed by atoms with Crippen LogP contribution in [0.5, 0.6) is 5.75 Å². The van der Waals surface area contributed by atoms with Gasteiger partial charge in [-0.1, -0.05) is 0 Å². The summed E-state index contributed by atoms with van der Waals surface area (Å²) in [4.78, 5) is 2.03. The standard InChI is InChI=1S/C17H19F2N5O3S/c1-28(26,27)24-8-6-23(7-9-24)12-4-2-11(3-5-12)21-16-14(22-20)10-13(18)17(25)15(16)19/h2-5,10,20-21,25H,6-9H2,1H3. The molecule has 0 aliphatic carbocycles. The van der Waals surface area contributed by atoms with E-state index in [4.69, 9.17) is 5.53 Å². The SMILES string of the molecule is CS(=O)(=O)N1CCN(c2ccc(Nc3c(N=N)cc(F)c(O)c3F)cc2)CC1. The molecule has 3 N–H and O–H groups in total. The highest BCUT2D eigenvalue weighted by Crippen LogP contribution is 2.37. The molecule has 0 saturated carbocycles. The largest absolute Gasteiger partial charge is 0.503 e. The first-order valence-electron chi connectivity index (χ1n) is 8.36. The highest BCUT2D eigenvalue weighted by Gasteiger charge is 2.23. The van der Waals surface area contributed by atoms with E-state index in [9.17, 15) is 22.3 Å². The molecule has 0 amide bonds. The lowest BCUT2D eigenvalue weighted by atomic mass is 10.2. The Bertz CT molecular complexity index is 991. The third-order valence-electron chi connectivity index (χ3n) is 4.50. The number of piperazine rings is 1. The van der Waals surface area contributed by atoms with Gasteiger partial charge in [0.15, 0.2) is 17.4 Å². The topological polar surface area (TPSA) is 109 Å². The number of nitrogens with zero attached hydrogens (tertiary/aromatic N) is 3. The number of sulfonamides is 1. The van der Waals surface area contributed by atoms with Crippen LogP contribution in [0.2, 0.25) is 0 Å². The molecule has 0 spiro atoms.